The van der Waals surface area contributed by atoms with Gasteiger partial charge in [-0.25, -0.2) is 0 Å². The van der Waals surface area contributed by atoms with Gasteiger partial charge >= 0.3 is 0 Å². The summed E-state index contributed by atoms with van der Waals surface area (Å²) < 4.78 is 0. The van der Waals surface area contributed by atoms with E-state index >= 15 is 0 Å². The first-order valence-corrected chi connectivity index (χ1v) is 6.60. The lowest BCUT2D eigenvalue weighted by Crippen LogP contribution is -2.31. The Kier molecular flexibility index (Phi) is 5.98. The van der Waals surface area contributed by atoms with Crippen LogP contribution in [0.1, 0.15) is 39.2 Å². The van der Waals surface area contributed by atoms with Gasteiger partial charge in [-0.05, 0) is 25.5 Å². The van der Waals surface area contributed by atoms with Crippen molar-refractivity contribution in [3.63, 3.8) is 0 Å². The Hall–Kier alpha value is -1.09. The molecular formula is C14H25N3. The van der Waals surface area contributed by atoms with Gasteiger partial charge in [-0.1, -0.05) is 20.8 Å². The lowest BCUT2D eigenvalue weighted by Gasteiger charge is -2.30. The Morgan fingerprint density at radius 1 is 1.29 bits per heavy atom. The normalized spacial score (nSPS) is 10.9. The predicted molar refractivity (Wildman–Crippen MR) is 74.4 cm³/mol. The van der Waals surface area contributed by atoms with Crippen molar-refractivity contribution in [3.8, 4) is 0 Å². The van der Waals surface area contributed by atoms with E-state index in [1.165, 1.54) is 24.1 Å². The van der Waals surface area contributed by atoms with E-state index < -0.39 is 0 Å². The molecule has 0 spiro atoms. The van der Waals surface area contributed by atoms with Gasteiger partial charge < -0.3 is 10.2 Å². The molecule has 1 aromatic rings. The molecule has 17 heavy (non-hydrogen) atoms. The Morgan fingerprint density at radius 3 is 2.59 bits per heavy atom. The van der Waals surface area contributed by atoms with Crippen molar-refractivity contribution in [3.05, 3.63) is 24.0 Å². The topological polar surface area (TPSA) is 28.2 Å². The molecule has 0 aromatic carbocycles. The number of nitrogens with one attached hydrogen (secondary N) is 1. The van der Waals surface area contributed by atoms with Crippen LogP contribution in [0.15, 0.2) is 18.5 Å². The smallest absolute Gasteiger partial charge is 0.0442 e. The highest BCUT2D eigenvalue weighted by atomic mass is 15.1. The van der Waals surface area contributed by atoms with Gasteiger partial charge in [0.25, 0.3) is 0 Å². The standard InChI is InChI=1S/C14H25N3/c1-5-13(6-2)17(4)14-8-9-16-11-12(14)10-15-7-3/h8-9,11,13,15H,5-7,10H2,1-4H3. The molecule has 3 nitrogen and oxygen atoms in total. The summed E-state index contributed by atoms with van der Waals surface area (Å²) in [7, 11) is 2.18. The number of aromatic nitrogens is 1. The zero-order chi connectivity index (χ0) is 12.7. The van der Waals surface area contributed by atoms with E-state index in [9.17, 15) is 0 Å². The van der Waals surface area contributed by atoms with E-state index in [0.717, 1.165) is 13.1 Å². The third kappa shape index (κ3) is 3.70. The molecule has 96 valence electrons. The van der Waals surface area contributed by atoms with Crippen LogP contribution in [0.3, 0.4) is 0 Å². The highest BCUT2D eigenvalue weighted by molar-refractivity contribution is 5.52. The van der Waals surface area contributed by atoms with Crippen LogP contribution in [0.2, 0.25) is 0 Å². The highest BCUT2D eigenvalue weighted by Gasteiger charge is 2.14. The summed E-state index contributed by atoms with van der Waals surface area (Å²) >= 11 is 0. The van der Waals surface area contributed by atoms with Crippen LogP contribution in [-0.4, -0.2) is 24.6 Å². The Bertz CT molecular complexity index is 321. The molecule has 0 radical (unpaired) electrons. The average molecular weight is 235 g/mol. The maximum Gasteiger partial charge on any atom is 0.0442 e. The van der Waals surface area contributed by atoms with Gasteiger partial charge in [-0.2, -0.15) is 0 Å². The second-order valence-electron chi connectivity index (χ2n) is 4.37. The lowest BCUT2D eigenvalue weighted by molar-refractivity contribution is 0.587. The van der Waals surface area contributed by atoms with Crippen LogP contribution in [0, 0.1) is 0 Å². The third-order valence-electron chi connectivity index (χ3n) is 3.31. The largest absolute Gasteiger partial charge is 0.371 e. The van der Waals surface area contributed by atoms with Crippen molar-refractivity contribution in [1.82, 2.24) is 10.3 Å². The second-order valence-corrected chi connectivity index (χ2v) is 4.37. The number of hydrogen-bond acceptors (Lipinski definition) is 3. The molecule has 0 aliphatic rings. The van der Waals surface area contributed by atoms with Crippen molar-refractivity contribution < 1.29 is 0 Å². The number of hydrogen-bond donors (Lipinski definition) is 1. The van der Waals surface area contributed by atoms with Crippen molar-refractivity contribution in [2.24, 2.45) is 0 Å². The van der Waals surface area contributed by atoms with Crippen molar-refractivity contribution in [2.75, 3.05) is 18.5 Å². The van der Waals surface area contributed by atoms with Crippen LogP contribution in [0.5, 0.6) is 0 Å². The highest BCUT2D eigenvalue weighted by Crippen LogP contribution is 2.22. The van der Waals surface area contributed by atoms with Crippen LogP contribution >= 0.6 is 0 Å². The van der Waals surface area contributed by atoms with Crippen LogP contribution < -0.4 is 10.2 Å². The summed E-state index contributed by atoms with van der Waals surface area (Å²) in [5.74, 6) is 0. The number of nitrogens with zero attached hydrogens (tertiary/aromatic N) is 2. The summed E-state index contributed by atoms with van der Waals surface area (Å²) in [4.78, 5) is 6.61. The molecule has 0 unspecified atom stereocenters. The van der Waals surface area contributed by atoms with Gasteiger partial charge in [0.1, 0.15) is 0 Å². The van der Waals surface area contributed by atoms with Gasteiger partial charge in [0.05, 0.1) is 0 Å². The molecular weight excluding hydrogens is 210 g/mol. The van der Waals surface area contributed by atoms with E-state index in [0.29, 0.717) is 6.04 Å². The molecule has 1 heterocycles. The van der Waals surface area contributed by atoms with Crippen molar-refractivity contribution in [2.45, 2.75) is 46.2 Å². The Morgan fingerprint density at radius 2 is 2.00 bits per heavy atom. The average Bonchev–Trinajstić information content (AvgIpc) is 2.38. The quantitative estimate of drug-likeness (QED) is 0.787. The van der Waals surface area contributed by atoms with Gasteiger partial charge in [0.15, 0.2) is 0 Å². The maximum absolute atomic E-state index is 4.22. The lowest BCUT2D eigenvalue weighted by atomic mass is 10.1. The number of pyridine rings is 1. The SMILES string of the molecule is CCNCc1cnccc1N(C)C(CC)CC. The van der Waals surface area contributed by atoms with Gasteiger partial charge in [-0.3, -0.25) is 4.98 Å². The van der Waals surface area contributed by atoms with Gasteiger partial charge in [0, 0.05) is 43.3 Å². The fourth-order valence-corrected chi connectivity index (χ4v) is 2.19. The summed E-state index contributed by atoms with van der Waals surface area (Å²) in [6, 6.07) is 2.73. The first-order chi connectivity index (χ1) is 8.24. The fourth-order valence-electron chi connectivity index (χ4n) is 2.19. The number of anilines is 1. The van der Waals surface area contributed by atoms with Gasteiger partial charge in [0.2, 0.25) is 0 Å². The van der Waals surface area contributed by atoms with E-state index in [2.05, 4.69) is 49.1 Å². The molecule has 0 saturated carbocycles. The molecule has 0 bridgehead atoms. The minimum atomic E-state index is 0.609. The van der Waals surface area contributed by atoms with Crippen LogP contribution in [0.4, 0.5) is 5.69 Å². The zero-order valence-electron chi connectivity index (χ0n) is 11.5. The molecule has 0 saturated heterocycles. The second kappa shape index (κ2) is 7.28. The minimum absolute atomic E-state index is 0.609. The summed E-state index contributed by atoms with van der Waals surface area (Å²) in [6.07, 6.45) is 6.20. The maximum atomic E-state index is 4.22. The van der Waals surface area contributed by atoms with Gasteiger partial charge in [-0.15, -0.1) is 0 Å². The summed E-state index contributed by atoms with van der Waals surface area (Å²) in [6.45, 7) is 8.50. The molecule has 1 aromatic heterocycles. The molecule has 0 fully saturated rings. The zero-order valence-corrected chi connectivity index (χ0v) is 11.5. The molecule has 1 rings (SSSR count). The summed E-state index contributed by atoms with van der Waals surface area (Å²) in [5, 5.41) is 3.37. The monoisotopic (exact) mass is 235 g/mol. The van der Waals surface area contributed by atoms with E-state index in [4.69, 9.17) is 0 Å². The van der Waals surface area contributed by atoms with E-state index in [1.807, 2.05) is 12.4 Å². The molecule has 0 aliphatic carbocycles. The Labute approximate surface area is 105 Å². The molecule has 0 atom stereocenters. The van der Waals surface area contributed by atoms with E-state index in [-0.39, 0.29) is 0 Å². The van der Waals surface area contributed by atoms with E-state index in [1.54, 1.807) is 0 Å². The Balaban J connectivity index is 2.87. The third-order valence-corrected chi connectivity index (χ3v) is 3.31. The fraction of sp³-hybridized carbons (Fsp3) is 0.643. The van der Waals surface area contributed by atoms with Crippen LogP contribution in [-0.2, 0) is 6.54 Å². The number of rotatable bonds is 7. The molecule has 3 heteroatoms. The molecule has 0 aliphatic heterocycles. The van der Waals surface area contributed by atoms with Crippen molar-refractivity contribution in [1.29, 1.82) is 0 Å². The predicted octanol–water partition coefficient (Wildman–Crippen LogP) is 2.82. The summed E-state index contributed by atoms with van der Waals surface area (Å²) in [5.41, 5.74) is 2.58. The van der Waals surface area contributed by atoms with Crippen LogP contribution in [0.25, 0.3) is 0 Å². The first-order valence-electron chi connectivity index (χ1n) is 6.60. The minimum Gasteiger partial charge on any atom is -0.371 e. The van der Waals surface area contributed by atoms with Crippen molar-refractivity contribution >= 4 is 5.69 Å². The molecule has 0 amide bonds. The molecule has 1 N–H and O–H groups in total. The first kappa shape index (κ1) is 14.0.